The van der Waals surface area contributed by atoms with E-state index in [2.05, 4.69) is 23.7 Å². The normalized spacial score (nSPS) is 17.2. The molecular weight excluding hydrogens is 230 g/mol. The summed E-state index contributed by atoms with van der Waals surface area (Å²) < 4.78 is 0. The molecule has 0 spiro atoms. The number of hydrogen-bond acceptors (Lipinski definition) is 3. The first kappa shape index (κ1) is 12.8. The van der Waals surface area contributed by atoms with Gasteiger partial charge in [0.2, 0.25) is 0 Å². The zero-order chi connectivity index (χ0) is 13.1. The Bertz CT molecular complexity index is 473. The van der Waals surface area contributed by atoms with Crippen LogP contribution in [-0.4, -0.2) is 52.9 Å². The molecule has 1 aromatic heterocycles. The lowest BCUT2D eigenvalue weighted by atomic mass is 10.2. The molecule has 0 aromatic carbocycles. The molecule has 0 atom stereocenters. The topological polar surface area (TPSA) is 56.4 Å². The number of aromatic amines is 1. The van der Waals surface area contributed by atoms with E-state index in [4.69, 9.17) is 0 Å². The van der Waals surface area contributed by atoms with Crippen molar-refractivity contribution >= 4 is 5.91 Å². The van der Waals surface area contributed by atoms with Gasteiger partial charge in [-0.05, 0) is 13.8 Å². The van der Waals surface area contributed by atoms with Crippen LogP contribution < -0.4 is 5.43 Å². The molecule has 0 radical (unpaired) electrons. The predicted molar refractivity (Wildman–Crippen MR) is 69.7 cm³/mol. The minimum absolute atomic E-state index is 0.166. The van der Waals surface area contributed by atoms with Gasteiger partial charge in [0.05, 0.1) is 0 Å². The Morgan fingerprint density at radius 2 is 1.94 bits per heavy atom. The summed E-state index contributed by atoms with van der Waals surface area (Å²) in [5, 5.41) is 0. The molecule has 0 aliphatic carbocycles. The van der Waals surface area contributed by atoms with Gasteiger partial charge in [0.1, 0.15) is 5.56 Å². The maximum atomic E-state index is 12.2. The fourth-order valence-corrected chi connectivity index (χ4v) is 2.20. The minimum atomic E-state index is -0.218. The largest absolute Gasteiger partial charge is 0.367 e. The highest BCUT2D eigenvalue weighted by Crippen LogP contribution is 2.08. The van der Waals surface area contributed by atoms with Gasteiger partial charge < -0.3 is 9.88 Å². The maximum Gasteiger partial charge on any atom is 0.259 e. The zero-order valence-corrected chi connectivity index (χ0v) is 10.8. The van der Waals surface area contributed by atoms with Gasteiger partial charge in [-0.3, -0.25) is 14.5 Å². The number of aromatic nitrogens is 1. The summed E-state index contributed by atoms with van der Waals surface area (Å²) in [5.74, 6) is -0.166. The van der Waals surface area contributed by atoms with Crippen LogP contribution in [-0.2, 0) is 0 Å². The molecule has 1 aliphatic heterocycles. The van der Waals surface area contributed by atoms with E-state index in [1.165, 1.54) is 18.5 Å². The van der Waals surface area contributed by atoms with Crippen molar-refractivity contribution in [1.29, 1.82) is 0 Å². The number of rotatable bonds is 2. The first-order valence-corrected chi connectivity index (χ1v) is 6.30. The van der Waals surface area contributed by atoms with Gasteiger partial charge >= 0.3 is 0 Å². The van der Waals surface area contributed by atoms with Crippen LogP contribution in [0.2, 0.25) is 0 Å². The van der Waals surface area contributed by atoms with Gasteiger partial charge in [-0.2, -0.15) is 0 Å². The van der Waals surface area contributed by atoms with E-state index in [0.717, 1.165) is 13.1 Å². The molecule has 0 unspecified atom stereocenters. The van der Waals surface area contributed by atoms with E-state index in [0.29, 0.717) is 19.1 Å². The number of H-pyrrole nitrogens is 1. The van der Waals surface area contributed by atoms with Crippen molar-refractivity contribution in [3.05, 3.63) is 34.2 Å². The van der Waals surface area contributed by atoms with E-state index in [-0.39, 0.29) is 16.9 Å². The van der Waals surface area contributed by atoms with Crippen LogP contribution in [0.25, 0.3) is 0 Å². The van der Waals surface area contributed by atoms with E-state index < -0.39 is 0 Å². The highest BCUT2D eigenvalue weighted by molar-refractivity contribution is 5.93. The number of carbonyl (C=O) groups excluding carboxylic acids is 1. The Morgan fingerprint density at radius 1 is 1.28 bits per heavy atom. The van der Waals surface area contributed by atoms with Crippen molar-refractivity contribution in [1.82, 2.24) is 14.8 Å². The van der Waals surface area contributed by atoms with Gasteiger partial charge in [0.15, 0.2) is 5.43 Å². The minimum Gasteiger partial charge on any atom is -0.367 e. The van der Waals surface area contributed by atoms with E-state index in [1.54, 1.807) is 4.90 Å². The summed E-state index contributed by atoms with van der Waals surface area (Å²) >= 11 is 0. The molecule has 1 saturated heterocycles. The molecule has 0 saturated carbocycles. The maximum absolute atomic E-state index is 12.2. The Balaban J connectivity index is 2.04. The average molecular weight is 249 g/mol. The molecule has 98 valence electrons. The molecule has 0 bridgehead atoms. The molecule has 5 heteroatoms. The summed E-state index contributed by atoms with van der Waals surface area (Å²) in [6.07, 6.45) is 3.02. The van der Waals surface area contributed by atoms with Crippen LogP contribution in [0.4, 0.5) is 0 Å². The van der Waals surface area contributed by atoms with Crippen LogP contribution >= 0.6 is 0 Å². The van der Waals surface area contributed by atoms with E-state index in [1.807, 2.05) is 0 Å². The number of amides is 1. The summed E-state index contributed by atoms with van der Waals surface area (Å²) in [5.41, 5.74) is 0.0144. The quantitative estimate of drug-likeness (QED) is 0.832. The molecule has 2 rings (SSSR count). The smallest absolute Gasteiger partial charge is 0.259 e. The predicted octanol–water partition coefficient (Wildman–Crippen LogP) is 0.541. The second-order valence-electron chi connectivity index (χ2n) is 4.84. The third kappa shape index (κ3) is 2.61. The van der Waals surface area contributed by atoms with Crippen LogP contribution in [0.5, 0.6) is 0 Å². The Morgan fingerprint density at radius 3 is 2.50 bits per heavy atom. The van der Waals surface area contributed by atoms with Crippen LogP contribution in [0.3, 0.4) is 0 Å². The summed E-state index contributed by atoms with van der Waals surface area (Å²) in [4.78, 5) is 30.7. The second kappa shape index (κ2) is 5.35. The number of pyridine rings is 1. The zero-order valence-electron chi connectivity index (χ0n) is 10.8. The fourth-order valence-electron chi connectivity index (χ4n) is 2.20. The monoisotopic (exact) mass is 249 g/mol. The first-order chi connectivity index (χ1) is 8.59. The number of piperazine rings is 1. The van der Waals surface area contributed by atoms with E-state index in [9.17, 15) is 9.59 Å². The highest BCUT2D eigenvalue weighted by Gasteiger charge is 2.24. The van der Waals surface area contributed by atoms with Crippen molar-refractivity contribution in [3.63, 3.8) is 0 Å². The molecule has 1 amide bonds. The lowest BCUT2D eigenvalue weighted by molar-refractivity contribution is 0.0594. The first-order valence-electron chi connectivity index (χ1n) is 6.30. The summed E-state index contributed by atoms with van der Waals surface area (Å²) in [7, 11) is 0. The second-order valence-corrected chi connectivity index (χ2v) is 4.84. The van der Waals surface area contributed by atoms with Crippen molar-refractivity contribution in [3.8, 4) is 0 Å². The highest BCUT2D eigenvalue weighted by atomic mass is 16.2. The van der Waals surface area contributed by atoms with Crippen LogP contribution in [0, 0.1) is 0 Å². The van der Waals surface area contributed by atoms with Crippen molar-refractivity contribution in [2.24, 2.45) is 0 Å². The van der Waals surface area contributed by atoms with Crippen molar-refractivity contribution in [2.75, 3.05) is 26.2 Å². The Hall–Kier alpha value is -1.62. The van der Waals surface area contributed by atoms with Gasteiger partial charge in [0, 0.05) is 50.7 Å². The average Bonchev–Trinajstić information content (AvgIpc) is 2.38. The SMILES string of the molecule is CC(C)N1CCN(C(=O)c2c[nH]ccc2=O)CC1. The Kier molecular flexibility index (Phi) is 3.81. The third-order valence-corrected chi connectivity index (χ3v) is 3.39. The molecule has 1 aliphatic rings. The van der Waals surface area contributed by atoms with Crippen molar-refractivity contribution in [2.45, 2.75) is 19.9 Å². The van der Waals surface area contributed by atoms with Crippen LogP contribution in [0.15, 0.2) is 23.3 Å². The van der Waals surface area contributed by atoms with Gasteiger partial charge in [-0.25, -0.2) is 0 Å². The van der Waals surface area contributed by atoms with Gasteiger partial charge in [-0.1, -0.05) is 0 Å². The molecular formula is C13H19N3O2. The number of nitrogens with zero attached hydrogens (tertiary/aromatic N) is 2. The molecule has 1 aromatic rings. The van der Waals surface area contributed by atoms with Gasteiger partial charge in [-0.15, -0.1) is 0 Å². The van der Waals surface area contributed by atoms with E-state index >= 15 is 0 Å². The third-order valence-electron chi connectivity index (χ3n) is 3.39. The number of hydrogen-bond donors (Lipinski definition) is 1. The summed E-state index contributed by atoms with van der Waals surface area (Å²) in [6, 6.07) is 1.89. The van der Waals surface area contributed by atoms with Crippen LogP contribution in [0.1, 0.15) is 24.2 Å². The molecule has 18 heavy (non-hydrogen) atoms. The standard InChI is InChI=1S/C13H19N3O2/c1-10(2)15-5-7-16(8-6-15)13(18)11-9-14-4-3-12(11)17/h3-4,9-10H,5-8H2,1-2H3,(H,14,17). The number of carbonyl (C=O) groups is 1. The Labute approximate surface area is 106 Å². The van der Waals surface area contributed by atoms with Gasteiger partial charge in [0.25, 0.3) is 5.91 Å². The van der Waals surface area contributed by atoms with Crippen molar-refractivity contribution < 1.29 is 4.79 Å². The summed E-state index contributed by atoms with van der Waals surface area (Å²) in [6.45, 7) is 7.41. The molecule has 1 N–H and O–H groups in total. The lowest BCUT2D eigenvalue weighted by Crippen LogP contribution is -2.51. The number of nitrogens with one attached hydrogen (secondary N) is 1. The molecule has 1 fully saturated rings. The lowest BCUT2D eigenvalue weighted by Gasteiger charge is -2.36. The molecule has 2 heterocycles. The fraction of sp³-hybridized carbons (Fsp3) is 0.538. The molecule has 5 nitrogen and oxygen atoms in total.